The van der Waals surface area contributed by atoms with Crippen LogP contribution >= 0.6 is 0 Å². The molecule has 26 heavy (non-hydrogen) atoms. The van der Waals surface area contributed by atoms with Crippen molar-refractivity contribution in [3.05, 3.63) is 71.8 Å². The highest BCUT2D eigenvalue weighted by Gasteiger charge is 2.46. The number of hydrogen-bond acceptors (Lipinski definition) is 6. The first-order chi connectivity index (χ1) is 12.7. The van der Waals surface area contributed by atoms with Gasteiger partial charge in [-0.25, -0.2) is 0 Å². The van der Waals surface area contributed by atoms with Crippen molar-refractivity contribution in [2.75, 3.05) is 6.61 Å². The molecule has 1 saturated heterocycles. The first-order valence-corrected chi connectivity index (χ1v) is 8.62. The van der Waals surface area contributed by atoms with E-state index in [4.69, 9.17) is 14.2 Å². The molecule has 3 N–H and O–H groups in total. The smallest absolute Gasteiger partial charge is 0.184 e. The Kier molecular flexibility index (Phi) is 6.73. The highest BCUT2D eigenvalue weighted by Crippen LogP contribution is 2.26. The van der Waals surface area contributed by atoms with Gasteiger partial charge in [0.1, 0.15) is 24.4 Å². The van der Waals surface area contributed by atoms with Gasteiger partial charge < -0.3 is 29.5 Å². The summed E-state index contributed by atoms with van der Waals surface area (Å²) < 4.78 is 17.1. The molecule has 3 rings (SSSR count). The van der Waals surface area contributed by atoms with Crippen LogP contribution < -0.4 is 0 Å². The molecule has 0 bridgehead atoms. The van der Waals surface area contributed by atoms with Crippen molar-refractivity contribution in [1.29, 1.82) is 0 Å². The van der Waals surface area contributed by atoms with Gasteiger partial charge in [0.05, 0.1) is 19.8 Å². The molecular formula is C20H24O6. The Hall–Kier alpha value is -1.80. The van der Waals surface area contributed by atoms with E-state index in [0.717, 1.165) is 11.1 Å². The second-order valence-corrected chi connectivity index (χ2v) is 6.26. The fraction of sp³-hybridized carbons (Fsp3) is 0.400. The van der Waals surface area contributed by atoms with Crippen LogP contribution in [0.5, 0.6) is 0 Å². The van der Waals surface area contributed by atoms with Crippen LogP contribution in [0.15, 0.2) is 60.7 Å². The Morgan fingerprint density at radius 2 is 1.27 bits per heavy atom. The average molecular weight is 360 g/mol. The Morgan fingerprint density at radius 3 is 1.77 bits per heavy atom. The summed E-state index contributed by atoms with van der Waals surface area (Å²) >= 11 is 0. The van der Waals surface area contributed by atoms with Crippen LogP contribution in [0, 0.1) is 0 Å². The molecule has 2 aromatic carbocycles. The van der Waals surface area contributed by atoms with Crippen molar-refractivity contribution < 1.29 is 29.5 Å². The Bertz CT molecular complexity index is 606. The summed E-state index contributed by atoms with van der Waals surface area (Å²) in [7, 11) is 0. The number of benzene rings is 2. The summed E-state index contributed by atoms with van der Waals surface area (Å²) in [4.78, 5) is 0. The molecule has 5 atom stereocenters. The van der Waals surface area contributed by atoms with Gasteiger partial charge in [-0.3, -0.25) is 0 Å². The van der Waals surface area contributed by atoms with E-state index in [0.29, 0.717) is 0 Å². The molecule has 6 nitrogen and oxygen atoms in total. The molecule has 1 heterocycles. The van der Waals surface area contributed by atoms with Crippen molar-refractivity contribution in [1.82, 2.24) is 0 Å². The molecule has 0 radical (unpaired) electrons. The second kappa shape index (κ2) is 9.23. The quantitative estimate of drug-likeness (QED) is 0.688. The van der Waals surface area contributed by atoms with Gasteiger partial charge in [-0.05, 0) is 11.1 Å². The van der Waals surface area contributed by atoms with Crippen LogP contribution in [0.1, 0.15) is 11.1 Å². The molecule has 140 valence electrons. The van der Waals surface area contributed by atoms with Crippen LogP contribution in [-0.2, 0) is 27.4 Å². The molecular weight excluding hydrogens is 336 g/mol. The highest BCUT2D eigenvalue weighted by atomic mass is 16.7. The second-order valence-electron chi connectivity index (χ2n) is 6.26. The third kappa shape index (κ3) is 4.67. The van der Waals surface area contributed by atoms with Gasteiger partial charge >= 0.3 is 0 Å². The first kappa shape index (κ1) is 19.0. The number of ether oxygens (including phenoxy) is 3. The minimum Gasteiger partial charge on any atom is -0.394 e. The number of aliphatic hydroxyl groups is 3. The molecule has 1 aliphatic rings. The maximum atomic E-state index is 10.3. The van der Waals surface area contributed by atoms with E-state index in [9.17, 15) is 15.3 Å². The average Bonchev–Trinajstić information content (AvgIpc) is 2.69. The zero-order chi connectivity index (χ0) is 18.4. The lowest BCUT2D eigenvalue weighted by molar-refractivity contribution is -0.305. The minimum absolute atomic E-state index is 0.249. The highest BCUT2D eigenvalue weighted by molar-refractivity contribution is 5.14. The lowest BCUT2D eigenvalue weighted by Crippen LogP contribution is -2.60. The van der Waals surface area contributed by atoms with E-state index >= 15 is 0 Å². The molecule has 0 unspecified atom stereocenters. The maximum absolute atomic E-state index is 10.3. The van der Waals surface area contributed by atoms with E-state index in [-0.39, 0.29) is 19.8 Å². The van der Waals surface area contributed by atoms with Crippen molar-refractivity contribution in [2.24, 2.45) is 0 Å². The van der Waals surface area contributed by atoms with Gasteiger partial charge in [0.25, 0.3) is 0 Å². The molecule has 2 aromatic rings. The van der Waals surface area contributed by atoms with E-state index in [1.54, 1.807) is 0 Å². The monoisotopic (exact) mass is 360 g/mol. The predicted molar refractivity (Wildman–Crippen MR) is 94.0 cm³/mol. The normalized spacial score (nSPS) is 28.8. The molecule has 6 heteroatoms. The summed E-state index contributed by atoms with van der Waals surface area (Å²) in [6.45, 7) is 0.173. The van der Waals surface area contributed by atoms with Crippen molar-refractivity contribution in [3.8, 4) is 0 Å². The van der Waals surface area contributed by atoms with Crippen molar-refractivity contribution in [2.45, 2.75) is 43.9 Å². The van der Waals surface area contributed by atoms with Crippen LogP contribution in [0.3, 0.4) is 0 Å². The largest absolute Gasteiger partial charge is 0.394 e. The number of aliphatic hydroxyl groups excluding tert-OH is 3. The van der Waals surface area contributed by atoms with Gasteiger partial charge in [-0.2, -0.15) is 0 Å². The van der Waals surface area contributed by atoms with Gasteiger partial charge in [0.15, 0.2) is 6.29 Å². The standard InChI is InChI=1S/C20H24O6/c21-11-16-18(24-12-14-7-3-1-4-8-14)19(17(22)20(23)26-16)25-13-15-9-5-2-6-10-15/h1-10,16-23H,11-13H2/t16-,17-,18+,19-,20-/m1/s1. The fourth-order valence-electron chi connectivity index (χ4n) is 2.98. The molecule has 0 aromatic heterocycles. The summed E-state index contributed by atoms with van der Waals surface area (Å²) in [6.07, 6.45) is -5.06. The fourth-order valence-corrected chi connectivity index (χ4v) is 2.98. The van der Waals surface area contributed by atoms with Gasteiger partial charge in [-0.1, -0.05) is 60.7 Å². The summed E-state index contributed by atoms with van der Waals surface area (Å²) in [5.74, 6) is 0. The third-order valence-electron chi connectivity index (χ3n) is 4.38. The predicted octanol–water partition coefficient (Wildman–Crippen LogP) is 1.23. The van der Waals surface area contributed by atoms with E-state index in [1.165, 1.54) is 0 Å². The van der Waals surface area contributed by atoms with E-state index in [1.807, 2.05) is 60.7 Å². The topological polar surface area (TPSA) is 88.4 Å². The Balaban J connectivity index is 1.71. The third-order valence-corrected chi connectivity index (χ3v) is 4.38. The van der Waals surface area contributed by atoms with Crippen molar-refractivity contribution in [3.63, 3.8) is 0 Å². The molecule has 0 saturated carbocycles. The number of rotatable bonds is 7. The van der Waals surface area contributed by atoms with Gasteiger partial charge in [0, 0.05) is 0 Å². The zero-order valence-electron chi connectivity index (χ0n) is 14.3. The zero-order valence-corrected chi connectivity index (χ0v) is 14.3. The summed E-state index contributed by atoms with van der Waals surface area (Å²) in [6, 6.07) is 19.1. The van der Waals surface area contributed by atoms with Crippen LogP contribution in [0.2, 0.25) is 0 Å². The van der Waals surface area contributed by atoms with Gasteiger partial charge in [-0.15, -0.1) is 0 Å². The molecule has 0 aliphatic carbocycles. The molecule has 1 fully saturated rings. The SMILES string of the molecule is OC[C@H]1O[C@@H](O)[C@H](O)[C@@H](OCc2ccccc2)[C@H]1OCc1ccccc1. The molecule has 1 aliphatic heterocycles. The Labute approximate surface area is 152 Å². The summed E-state index contributed by atoms with van der Waals surface area (Å²) in [5.41, 5.74) is 1.88. The Morgan fingerprint density at radius 1 is 0.769 bits per heavy atom. The lowest BCUT2D eigenvalue weighted by Gasteiger charge is -2.42. The maximum Gasteiger partial charge on any atom is 0.184 e. The summed E-state index contributed by atoms with van der Waals surface area (Å²) in [5, 5.41) is 29.9. The van der Waals surface area contributed by atoms with E-state index in [2.05, 4.69) is 0 Å². The minimum atomic E-state index is -1.44. The van der Waals surface area contributed by atoms with Gasteiger partial charge in [0.2, 0.25) is 0 Å². The number of hydrogen-bond donors (Lipinski definition) is 3. The van der Waals surface area contributed by atoms with Crippen molar-refractivity contribution >= 4 is 0 Å². The lowest BCUT2D eigenvalue weighted by atomic mass is 9.98. The van der Waals surface area contributed by atoms with Crippen LogP contribution in [0.4, 0.5) is 0 Å². The van der Waals surface area contributed by atoms with E-state index < -0.39 is 30.7 Å². The molecule has 0 spiro atoms. The van der Waals surface area contributed by atoms with Crippen LogP contribution in [0.25, 0.3) is 0 Å². The molecule has 0 amide bonds. The first-order valence-electron chi connectivity index (χ1n) is 8.62. The van der Waals surface area contributed by atoms with Crippen LogP contribution in [-0.4, -0.2) is 52.6 Å².